The van der Waals surface area contributed by atoms with E-state index in [9.17, 15) is 9.18 Å². The van der Waals surface area contributed by atoms with Gasteiger partial charge in [-0.25, -0.2) is 4.39 Å². The second-order valence-corrected chi connectivity index (χ2v) is 3.89. The number of hydrogen-bond donors (Lipinski definition) is 2. The van der Waals surface area contributed by atoms with E-state index in [0.717, 1.165) is 0 Å². The summed E-state index contributed by atoms with van der Waals surface area (Å²) in [6, 6.07) is 10.4. The number of hydrogen-bond acceptors (Lipinski definition) is 3. The predicted molar refractivity (Wildman–Crippen MR) is 70.7 cm³/mol. The number of halogens is 1. The van der Waals surface area contributed by atoms with Crippen molar-refractivity contribution in [2.75, 3.05) is 12.8 Å². The molecule has 0 bridgehead atoms. The molecule has 2 aromatic rings. The van der Waals surface area contributed by atoms with Crippen molar-refractivity contribution in [2.45, 2.75) is 0 Å². The summed E-state index contributed by atoms with van der Waals surface area (Å²) in [5, 5.41) is 2.51. The Morgan fingerprint density at radius 2 is 2.05 bits per heavy atom. The number of rotatable bonds is 3. The van der Waals surface area contributed by atoms with Crippen LogP contribution in [-0.4, -0.2) is 13.0 Å². The monoisotopic (exact) mass is 260 g/mol. The predicted octanol–water partition coefficient (Wildman–Crippen LogP) is 2.56. The standard InChI is InChI=1S/C14H13FN2O2/c1-17-14(18)9-5-6-12(16)13(7-9)19-11-4-2-3-10(15)8-11/h2-8H,16H2,1H3,(H,17,18). The SMILES string of the molecule is CNC(=O)c1ccc(N)c(Oc2cccc(F)c2)c1. The van der Waals surface area contributed by atoms with Crippen LogP contribution in [0.1, 0.15) is 10.4 Å². The zero-order valence-electron chi connectivity index (χ0n) is 10.3. The highest BCUT2D eigenvalue weighted by Crippen LogP contribution is 2.28. The molecule has 1 amide bonds. The summed E-state index contributed by atoms with van der Waals surface area (Å²) in [6.45, 7) is 0. The average molecular weight is 260 g/mol. The zero-order chi connectivity index (χ0) is 13.8. The molecule has 0 fully saturated rings. The number of carbonyl (C=O) groups excluding carboxylic acids is 1. The molecule has 0 aliphatic rings. The first kappa shape index (κ1) is 12.9. The lowest BCUT2D eigenvalue weighted by molar-refractivity contribution is 0.0963. The number of nitrogens with two attached hydrogens (primary N) is 1. The van der Waals surface area contributed by atoms with E-state index < -0.39 is 5.82 Å². The van der Waals surface area contributed by atoms with Gasteiger partial charge in [0.05, 0.1) is 5.69 Å². The lowest BCUT2D eigenvalue weighted by atomic mass is 10.2. The number of carbonyl (C=O) groups is 1. The van der Waals surface area contributed by atoms with Gasteiger partial charge in [-0.05, 0) is 30.3 Å². The van der Waals surface area contributed by atoms with Gasteiger partial charge in [0.25, 0.3) is 5.91 Å². The first-order valence-corrected chi connectivity index (χ1v) is 5.65. The number of amides is 1. The number of ether oxygens (including phenoxy) is 1. The van der Waals surface area contributed by atoms with Gasteiger partial charge >= 0.3 is 0 Å². The Morgan fingerprint density at radius 1 is 1.26 bits per heavy atom. The molecule has 0 saturated heterocycles. The highest BCUT2D eigenvalue weighted by Gasteiger charge is 2.09. The molecule has 0 aromatic heterocycles. The van der Waals surface area contributed by atoms with E-state index in [2.05, 4.69) is 5.32 Å². The summed E-state index contributed by atoms with van der Waals surface area (Å²) in [5.41, 5.74) is 6.56. The van der Waals surface area contributed by atoms with Gasteiger partial charge in [0.2, 0.25) is 0 Å². The van der Waals surface area contributed by atoms with Crippen LogP contribution >= 0.6 is 0 Å². The number of nitrogen functional groups attached to an aromatic ring is 1. The minimum atomic E-state index is -0.404. The van der Waals surface area contributed by atoms with E-state index in [0.29, 0.717) is 22.7 Å². The second-order valence-electron chi connectivity index (χ2n) is 3.89. The molecule has 5 heteroatoms. The quantitative estimate of drug-likeness (QED) is 0.833. The lowest BCUT2D eigenvalue weighted by Gasteiger charge is -2.10. The van der Waals surface area contributed by atoms with Crippen molar-refractivity contribution in [1.82, 2.24) is 5.32 Å². The van der Waals surface area contributed by atoms with Gasteiger partial charge in [0, 0.05) is 18.7 Å². The van der Waals surface area contributed by atoms with Crippen LogP contribution < -0.4 is 15.8 Å². The van der Waals surface area contributed by atoms with Gasteiger partial charge in [-0.1, -0.05) is 6.07 Å². The number of anilines is 1. The minimum absolute atomic E-state index is 0.246. The molecule has 0 spiro atoms. The van der Waals surface area contributed by atoms with Crippen LogP contribution in [0.5, 0.6) is 11.5 Å². The summed E-state index contributed by atoms with van der Waals surface area (Å²) in [7, 11) is 1.53. The maximum atomic E-state index is 13.1. The summed E-state index contributed by atoms with van der Waals surface area (Å²) >= 11 is 0. The van der Waals surface area contributed by atoms with E-state index in [-0.39, 0.29) is 5.91 Å². The Balaban J connectivity index is 2.31. The molecule has 0 unspecified atom stereocenters. The van der Waals surface area contributed by atoms with E-state index in [1.165, 1.54) is 31.3 Å². The zero-order valence-corrected chi connectivity index (χ0v) is 10.3. The third kappa shape index (κ3) is 3.01. The highest BCUT2D eigenvalue weighted by molar-refractivity contribution is 5.95. The fourth-order valence-electron chi connectivity index (χ4n) is 1.57. The summed E-state index contributed by atoms with van der Waals surface area (Å²) in [4.78, 5) is 11.5. The molecule has 19 heavy (non-hydrogen) atoms. The van der Waals surface area contributed by atoms with Gasteiger partial charge < -0.3 is 15.8 Å². The molecular formula is C14H13FN2O2. The molecule has 0 radical (unpaired) electrons. The van der Waals surface area contributed by atoms with Crippen LogP contribution in [0.3, 0.4) is 0 Å². The fourth-order valence-corrected chi connectivity index (χ4v) is 1.57. The molecule has 98 valence electrons. The summed E-state index contributed by atoms with van der Waals surface area (Å²) < 4.78 is 18.5. The Kier molecular flexibility index (Phi) is 3.66. The second kappa shape index (κ2) is 5.39. The maximum absolute atomic E-state index is 13.1. The van der Waals surface area contributed by atoms with Crippen molar-refractivity contribution >= 4 is 11.6 Å². The Hall–Kier alpha value is -2.56. The molecule has 2 rings (SSSR count). The molecule has 0 atom stereocenters. The minimum Gasteiger partial charge on any atom is -0.455 e. The average Bonchev–Trinajstić information content (AvgIpc) is 2.40. The normalized spacial score (nSPS) is 10.0. The van der Waals surface area contributed by atoms with Crippen LogP contribution in [-0.2, 0) is 0 Å². The Bertz CT molecular complexity index is 614. The molecule has 3 N–H and O–H groups in total. The summed E-state index contributed by atoms with van der Waals surface area (Å²) in [6.07, 6.45) is 0. The largest absolute Gasteiger partial charge is 0.455 e. The van der Waals surface area contributed by atoms with Crippen molar-refractivity contribution < 1.29 is 13.9 Å². The van der Waals surface area contributed by atoms with E-state index in [4.69, 9.17) is 10.5 Å². The van der Waals surface area contributed by atoms with E-state index in [1.807, 2.05) is 0 Å². The van der Waals surface area contributed by atoms with Crippen LogP contribution in [0.25, 0.3) is 0 Å². The van der Waals surface area contributed by atoms with Gasteiger partial charge in [-0.2, -0.15) is 0 Å². The first-order valence-electron chi connectivity index (χ1n) is 5.65. The molecule has 0 saturated carbocycles. The number of nitrogens with one attached hydrogen (secondary N) is 1. The molecule has 0 heterocycles. The molecule has 4 nitrogen and oxygen atoms in total. The third-order valence-electron chi connectivity index (χ3n) is 2.53. The topological polar surface area (TPSA) is 64.4 Å². The molecule has 0 aliphatic carbocycles. The van der Waals surface area contributed by atoms with Gasteiger partial charge in [-0.3, -0.25) is 4.79 Å². The van der Waals surface area contributed by atoms with Gasteiger partial charge in [0.15, 0.2) is 5.75 Å². The first-order chi connectivity index (χ1) is 9.10. The van der Waals surface area contributed by atoms with E-state index >= 15 is 0 Å². The van der Waals surface area contributed by atoms with Crippen LogP contribution in [0.2, 0.25) is 0 Å². The van der Waals surface area contributed by atoms with Gasteiger partial charge in [0.1, 0.15) is 11.6 Å². The molecular weight excluding hydrogens is 247 g/mol. The molecule has 2 aromatic carbocycles. The Labute approximate surface area is 110 Å². The van der Waals surface area contributed by atoms with Crippen LogP contribution in [0, 0.1) is 5.82 Å². The Morgan fingerprint density at radius 3 is 2.74 bits per heavy atom. The van der Waals surface area contributed by atoms with E-state index in [1.54, 1.807) is 18.2 Å². The summed E-state index contributed by atoms with van der Waals surface area (Å²) in [5.74, 6) is -0.0184. The van der Waals surface area contributed by atoms with Crippen molar-refractivity contribution in [3.05, 3.63) is 53.8 Å². The lowest BCUT2D eigenvalue weighted by Crippen LogP contribution is -2.17. The highest BCUT2D eigenvalue weighted by atomic mass is 19.1. The van der Waals surface area contributed by atoms with Crippen molar-refractivity contribution in [1.29, 1.82) is 0 Å². The van der Waals surface area contributed by atoms with Crippen molar-refractivity contribution in [3.8, 4) is 11.5 Å². The fraction of sp³-hybridized carbons (Fsp3) is 0.0714. The van der Waals surface area contributed by atoms with Gasteiger partial charge in [-0.15, -0.1) is 0 Å². The van der Waals surface area contributed by atoms with Crippen molar-refractivity contribution in [3.63, 3.8) is 0 Å². The molecule has 0 aliphatic heterocycles. The number of benzene rings is 2. The van der Waals surface area contributed by atoms with Crippen LogP contribution in [0.15, 0.2) is 42.5 Å². The maximum Gasteiger partial charge on any atom is 0.251 e. The van der Waals surface area contributed by atoms with Crippen molar-refractivity contribution in [2.24, 2.45) is 0 Å². The smallest absolute Gasteiger partial charge is 0.251 e. The third-order valence-corrected chi connectivity index (χ3v) is 2.53. The van der Waals surface area contributed by atoms with Crippen LogP contribution in [0.4, 0.5) is 10.1 Å².